The lowest BCUT2D eigenvalue weighted by Gasteiger charge is -2.19. The van der Waals surface area contributed by atoms with E-state index in [0.29, 0.717) is 22.7 Å². The van der Waals surface area contributed by atoms with Gasteiger partial charge in [0.1, 0.15) is 5.69 Å². The lowest BCUT2D eigenvalue weighted by molar-refractivity contribution is 0.528. The zero-order chi connectivity index (χ0) is 13.7. The topological polar surface area (TPSA) is 46.9 Å². The fourth-order valence-corrected chi connectivity index (χ4v) is 3.15. The second-order valence-corrected chi connectivity index (χ2v) is 7.05. The van der Waals surface area contributed by atoms with Crippen LogP contribution in [-0.4, -0.2) is 15.8 Å². The van der Waals surface area contributed by atoms with Crippen molar-refractivity contribution < 1.29 is 0 Å². The smallest absolute Gasteiger partial charge is 0.291 e. The molecule has 3 aliphatic rings. The maximum atomic E-state index is 12.5. The number of nitrogens with zero attached hydrogens (tertiary/aromatic N) is 2. The number of aromatic nitrogens is 2. The molecule has 0 unspecified atom stereocenters. The van der Waals surface area contributed by atoms with Gasteiger partial charge in [-0.1, -0.05) is 11.6 Å². The Labute approximate surface area is 123 Å². The van der Waals surface area contributed by atoms with Gasteiger partial charge >= 0.3 is 0 Å². The Morgan fingerprint density at radius 2 is 1.90 bits per heavy atom. The van der Waals surface area contributed by atoms with Crippen molar-refractivity contribution in [2.45, 2.75) is 51.1 Å². The predicted octanol–water partition coefficient (Wildman–Crippen LogP) is 2.91. The highest BCUT2D eigenvalue weighted by atomic mass is 35.5. The first-order chi connectivity index (χ1) is 9.72. The zero-order valence-corrected chi connectivity index (χ0v) is 12.3. The highest BCUT2D eigenvalue weighted by molar-refractivity contribution is 6.33. The molecule has 108 valence electrons. The van der Waals surface area contributed by atoms with E-state index in [2.05, 4.69) is 10.4 Å². The molecule has 0 amide bonds. The summed E-state index contributed by atoms with van der Waals surface area (Å²) in [6.45, 7) is 0.738. The van der Waals surface area contributed by atoms with E-state index in [-0.39, 0.29) is 5.56 Å². The van der Waals surface area contributed by atoms with Crippen molar-refractivity contribution in [1.82, 2.24) is 9.78 Å². The molecule has 0 bridgehead atoms. The number of hydrogen-bond acceptors (Lipinski definition) is 3. The highest BCUT2D eigenvalue weighted by Gasteiger charge is 2.42. The van der Waals surface area contributed by atoms with Crippen molar-refractivity contribution >= 4 is 17.3 Å². The van der Waals surface area contributed by atoms with Gasteiger partial charge in [0.2, 0.25) is 0 Å². The lowest BCUT2D eigenvalue weighted by Crippen LogP contribution is -2.32. The second-order valence-electron chi connectivity index (χ2n) is 6.64. The number of halogens is 1. The molecule has 3 fully saturated rings. The summed E-state index contributed by atoms with van der Waals surface area (Å²) in [4.78, 5) is 12.5. The van der Waals surface area contributed by atoms with Crippen molar-refractivity contribution in [2.75, 3.05) is 5.32 Å². The maximum absolute atomic E-state index is 12.5. The first kappa shape index (κ1) is 12.7. The molecule has 20 heavy (non-hydrogen) atoms. The van der Waals surface area contributed by atoms with E-state index in [1.807, 2.05) is 0 Å². The highest BCUT2D eigenvalue weighted by Crippen LogP contribution is 2.46. The molecule has 1 aromatic rings. The Bertz CT molecular complexity index is 561. The summed E-state index contributed by atoms with van der Waals surface area (Å²) in [5.41, 5.74) is 0.529. The molecule has 1 aromatic heterocycles. The maximum Gasteiger partial charge on any atom is 0.291 e. The molecule has 3 saturated carbocycles. The second kappa shape index (κ2) is 4.76. The third-order valence-corrected chi connectivity index (χ3v) is 4.98. The van der Waals surface area contributed by atoms with Gasteiger partial charge in [0.25, 0.3) is 5.56 Å². The SMILES string of the molecule is O=c1c(NC(C2CC2)C2CC2)c(Cl)cnn1CC1CC1. The Morgan fingerprint density at radius 3 is 2.45 bits per heavy atom. The quantitative estimate of drug-likeness (QED) is 0.877. The van der Waals surface area contributed by atoms with Crippen LogP contribution >= 0.6 is 11.6 Å². The summed E-state index contributed by atoms with van der Waals surface area (Å²) < 4.78 is 1.59. The summed E-state index contributed by atoms with van der Waals surface area (Å²) in [5, 5.41) is 8.11. The third-order valence-electron chi connectivity index (χ3n) is 4.70. The number of anilines is 1. The van der Waals surface area contributed by atoms with Crippen LogP contribution in [0.5, 0.6) is 0 Å². The molecule has 0 atom stereocenters. The first-order valence-electron chi connectivity index (χ1n) is 7.74. The van der Waals surface area contributed by atoms with Gasteiger partial charge in [-0.2, -0.15) is 5.10 Å². The van der Waals surface area contributed by atoms with Crippen LogP contribution in [0.3, 0.4) is 0 Å². The van der Waals surface area contributed by atoms with Crippen LogP contribution in [0.4, 0.5) is 5.69 Å². The molecular weight excluding hydrogens is 274 g/mol. The Morgan fingerprint density at radius 1 is 1.25 bits per heavy atom. The normalized spacial score (nSPS) is 22.3. The third kappa shape index (κ3) is 2.58. The average molecular weight is 294 g/mol. The summed E-state index contributed by atoms with van der Waals surface area (Å²) >= 11 is 6.21. The first-order valence-corrected chi connectivity index (χ1v) is 8.12. The van der Waals surface area contributed by atoms with Crippen molar-refractivity contribution in [3.8, 4) is 0 Å². The number of nitrogens with one attached hydrogen (secondary N) is 1. The zero-order valence-electron chi connectivity index (χ0n) is 11.5. The van der Waals surface area contributed by atoms with Gasteiger partial charge < -0.3 is 5.32 Å². The van der Waals surface area contributed by atoms with Crippen LogP contribution in [-0.2, 0) is 6.54 Å². The van der Waals surface area contributed by atoms with Crippen LogP contribution < -0.4 is 10.9 Å². The molecular formula is C15H20ClN3O. The van der Waals surface area contributed by atoms with Gasteiger partial charge in [-0.15, -0.1) is 0 Å². The van der Waals surface area contributed by atoms with Crippen molar-refractivity contribution in [1.29, 1.82) is 0 Å². The molecule has 0 radical (unpaired) electrons. The molecule has 4 rings (SSSR count). The van der Waals surface area contributed by atoms with Crippen LogP contribution in [0.2, 0.25) is 5.02 Å². The molecule has 4 nitrogen and oxygen atoms in total. The molecule has 3 aliphatic carbocycles. The van der Waals surface area contributed by atoms with Crippen LogP contribution in [0, 0.1) is 17.8 Å². The van der Waals surface area contributed by atoms with E-state index in [9.17, 15) is 4.79 Å². The molecule has 0 aliphatic heterocycles. The van der Waals surface area contributed by atoms with Gasteiger partial charge in [0.05, 0.1) is 11.2 Å². The van der Waals surface area contributed by atoms with Crippen molar-refractivity contribution in [2.24, 2.45) is 17.8 Å². The largest absolute Gasteiger partial charge is 0.376 e. The monoisotopic (exact) mass is 293 g/mol. The van der Waals surface area contributed by atoms with E-state index in [4.69, 9.17) is 11.6 Å². The summed E-state index contributed by atoms with van der Waals surface area (Å²) in [6, 6.07) is 0.442. The molecule has 5 heteroatoms. The van der Waals surface area contributed by atoms with E-state index in [0.717, 1.165) is 18.4 Å². The van der Waals surface area contributed by atoms with Gasteiger partial charge in [0.15, 0.2) is 0 Å². The lowest BCUT2D eigenvalue weighted by atomic mass is 10.1. The Balaban J connectivity index is 1.59. The number of hydrogen-bond donors (Lipinski definition) is 1. The minimum absolute atomic E-state index is 0.0456. The molecule has 0 spiro atoms. The van der Waals surface area contributed by atoms with Crippen molar-refractivity contribution in [3.63, 3.8) is 0 Å². The van der Waals surface area contributed by atoms with E-state index in [1.54, 1.807) is 10.9 Å². The fourth-order valence-electron chi connectivity index (χ4n) is 2.97. The van der Waals surface area contributed by atoms with Crippen LogP contribution in [0.1, 0.15) is 38.5 Å². The minimum atomic E-state index is -0.0456. The molecule has 1 N–H and O–H groups in total. The van der Waals surface area contributed by atoms with Gasteiger partial charge in [-0.3, -0.25) is 4.79 Å². The predicted molar refractivity (Wildman–Crippen MR) is 79.1 cm³/mol. The van der Waals surface area contributed by atoms with Crippen LogP contribution in [0.15, 0.2) is 11.0 Å². The molecule has 0 aromatic carbocycles. The standard InChI is InChI=1S/C15H20ClN3O/c16-12-7-17-19(8-9-1-2-9)15(20)14(12)18-13(10-3-4-10)11-5-6-11/h7,9-11,13,18H,1-6,8H2. The minimum Gasteiger partial charge on any atom is -0.376 e. The van der Waals surface area contributed by atoms with E-state index >= 15 is 0 Å². The van der Waals surface area contributed by atoms with Gasteiger partial charge in [-0.05, 0) is 56.3 Å². The summed E-state index contributed by atoms with van der Waals surface area (Å²) in [5.74, 6) is 2.11. The summed E-state index contributed by atoms with van der Waals surface area (Å²) in [7, 11) is 0. The van der Waals surface area contributed by atoms with E-state index in [1.165, 1.54) is 38.5 Å². The van der Waals surface area contributed by atoms with Crippen LogP contribution in [0.25, 0.3) is 0 Å². The summed E-state index contributed by atoms with van der Waals surface area (Å²) in [6.07, 6.45) is 9.18. The fraction of sp³-hybridized carbons (Fsp3) is 0.733. The Hall–Kier alpha value is -1.03. The number of rotatable bonds is 6. The van der Waals surface area contributed by atoms with E-state index < -0.39 is 0 Å². The molecule has 1 heterocycles. The Kier molecular flexibility index (Phi) is 3.02. The van der Waals surface area contributed by atoms with Gasteiger partial charge in [-0.25, -0.2) is 4.68 Å². The average Bonchev–Trinajstić information content (AvgIpc) is 3.26. The van der Waals surface area contributed by atoms with Gasteiger partial charge in [0, 0.05) is 12.6 Å². The van der Waals surface area contributed by atoms with Crippen molar-refractivity contribution in [3.05, 3.63) is 21.6 Å². The molecule has 0 saturated heterocycles.